The van der Waals surface area contributed by atoms with Gasteiger partial charge in [-0.25, -0.2) is 8.78 Å². The van der Waals surface area contributed by atoms with Gasteiger partial charge in [-0.15, -0.1) is 10.2 Å². The van der Waals surface area contributed by atoms with Gasteiger partial charge in [0.2, 0.25) is 5.92 Å². The SMILES string of the molecule is N#Cc1cc(C(F)(F)F)nnc1N1CCCC(F)(F)CC1. The van der Waals surface area contributed by atoms with E-state index in [2.05, 4.69) is 10.2 Å². The van der Waals surface area contributed by atoms with Crippen molar-refractivity contribution in [3.05, 3.63) is 17.3 Å². The summed E-state index contributed by atoms with van der Waals surface area (Å²) in [5.74, 6) is -2.89. The molecule has 1 aliphatic rings. The van der Waals surface area contributed by atoms with Crippen molar-refractivity contribution >= 4 is 5.82 Å². The molecule has 2 heterocycles. The van der Waals surface area contributed by atoms with Crippen molar-refractivity contribution in [1.29, 1.82) is 5.26 Å². The summed E-state index contributed by atoms with van der Waals surface area (Å²) in [4.78, 5) is 1.38. The Kier molecular flexibility index (Phi) is 3.98. The standard InChI is InChI=1S/C12H11F5N4/c13-11(14)2-1-4-21(5-3-11)10-8(7-18)6-9(19-20-10)12(15,16)17/h6H,1-5H2. The van der Waals surface area contributed by atoms with Gasteiger partial charge in [0.1, 0.15) is 6.07 Å². The van der Waals surface area contributed by atoms with Crippen LogP contribution in [-0.4, -0.2) is 29.2 Å². The van der Waals surface area contributed by atoms with Crippen molar-refractivity contribution in [2.75, 3.05) is 18.0 Å². The molecule has 0 amide bonds. The second-order valence-corrected chi connectivity index (χ2v) is 4.77. The van der Waals surface area contributed by atoms with Crippen LogP contribution in [0.3, 0.4) is 0 Å². The predicted molar refractivity (Wildman–Crippen MR) is 62.8 cm³/mol. The summed E-state index contributed by atoms with van der Waals surface area (Å²) in [6.45, 7) is 0.117. The lowest BCUT2D eigenvalue weighted by Gasteiger charge is -2.22. The van der Waals surface area contributed by atoms with Crippen LogP contribution < -0.4 is 4.90 Å². The monoisotopic (exact) mass is 306 g/mol. The highest BCUT2D eigenvalue weighted by Gasteiger charge is 2.36. The van der Waals surface area contributed by atoms with E-state index in [1.54, 1.807) is 6.07 Å². The number of aromatic nitrogens is 2. The van der Waals surface area contributed by atoms with Crippen LogP contribution in [0.1, 0.15) is 30.5 Å². The molecule has 1 saturated heterocycles. The summed E-state index contributed by atoms with van der Waals surface area (Å²) in [5.41, 5.74) is -1.59. The average molecular weight is 306 g/mol. The largest absolute Gasteiger partial charge is 0.435 e. The minimum absolute atomic E-state index is 0.0804. The summed E-state index contributed by atoms with van der Waals surface area (Å²) in [7, 11) is 0. The summed E-state index contributed by atoms with van der Waals surface area (Å²) < 4.78 is 64.1. The van der Waals surface area contributed by atoms with Crippen LogP contribution in [0.2, 0.25) is 0 Å². The van der Waals surface area contributed by atoms with Crippen LogP contribution in [0.15, 0.2) is 6.07 Å². The molecule has 1 aliphatic heterocycles. The van der Waals surface area contributed by atoms with Crippen molar-refractivity contribution in [2.24, 2.45) is 0 Å². The Balaban J connectivity index is 2.30. The number of nitrogens with zero attached hydrogens (tertiary/aromatic N) is 4. The first-order valence-electron chi connectivity index (χ1n) is 6.21. The first kappa shape index (κ1) is 15.4. The van der Waals surface area contributed by atoms with Gasteiger partial charge in [-0.3, -0.25) is 0 Å². The van der Waals surface area contributed by atoms with Gasteiger partial charge >= 0.3 is 6.18 Å². The van der Waals surface area contributed by atoms with Gasteiger partial charge in [0.25, 0.3) is 0 Å². The molecule has 0 N–H and O–H groups in total. The Morgan fingerprint density at radius 1 is 1.19 bits per heavy atom. The number of hydrogen-bond acceptors (Lipinski definition) is 4. The Hall–Kier alpha value is -1.98. The van der Waals surface area contributed by atoms with E-state index in [1.165, 1.54) is 4.90 Å². The van der Waals surface area contributed by atoms with E-state index in [-0.39, 0.29) is 37.3 Å². The molecule has 9 heteroatoms. The van der Waals surface area contributed by atoms with Crippen molar-refractivity contribution in [3.8, 4) is 6.07 Å². The lowest BCUT2D eigenvalue weighted by molar-refractivity contribution is -0.141. The quantitative estimate of drug-likeness (QED) is 0.749. The third-order valence-electron chi connectivity index (χ3n) is 3.20. The molecule has 0 aromatic carbocycles. The molecule has 2 rings (SSSR count). The molecule has 0 atom stereocenters. The zero-order chi connectivity index (χ0) is 15.7. The van der Waals surface area contributed by atoms with Crippen LogP contribution in [0.5, 0.6) is 0 Å². The van der Waals surface area contributed by atoms with Gasteiger partial charge in [-0.2, -0.15) is 18.4 Å². The van der Waals surface area contributed by atoms with Crippen LogP contribution in [0, 0.1) is 11.3 Å². The topological polar surface area (TPSA) is 52.8 Å². The van der Waals surface area contributed by atoms with Gasteiger partial charge < -0.3 is 4.90 Å². The summed E-state index contributed by atoms with van der Waals surface area (Å²) in [6.07, 6.45) is -5.26. The molecule has 0 bridgehead atoms. The lowest BCUT2D eigenvalue weighted by Crippen LogP contribution is -2.28. The Bertz CT molecular complexity index is 564. The van der Waals surface area contributed by atoms with Gasteiger partial charge in [0, 0.05) is 25.9 Å². The maximum atomic E-state index is 13.3. The molecule has 1 aromatic rings. The molecule has 0 aliphatic carbocycles. The van der Waals surface area contributed by atoms with Gasteiger partial charge in [0.05, 0.1) is 5.56 Å². The third-order valence-corrected chi connectivity index (χ3v) is 3.20. The molecule has 4 nitrogen and oxygen atoms in total. The summed E-state index contributed by atoms with van der Waals surface area (Å²) in [6, 6.07) is 2.20. The smallest absolute Gasteiger partial charge is 0.354 e. The van der Waals surface area contributed by atoms with Crippen molar-refractivity contribution in [2.45, 2.75) is 31.4 Å². The molecule has 0 saturated carbocycles. The minimum atomic E-state index is -4.71. The molecule has 0 radical (unpaired) electrons. The fourth-order valence-electron chi connectivity index (χ4n) is 2.12. The summed E-state index contributed by atoms with van der Waals surface area (Å²) >= 11 is 0. The highest BCUT2D eigenvalue weighted by molar-refractivity contribution is 5.53. The molecular weight excluding hydrogens is 295 g/mol. The fourth-order valence-corrected chi connectivity index (χ4v) is 2.12. The highest BCUT2D eigenvalue weighted by Crippen LogP contribution is 2.32. The number of nitriles is 1. The molecule has 1 aromatic heterocycles. The van der Waals surface area contributed by atoms with Gasteiger partial charge in [0.15, 0.2) is 11.5 Å². The van der Waals surface area contributed by atoms with Crippen LogP contribution in [0.25, 0.3) is 0 Å². The second kappa shape index (κ2) is 5.42. The van der Waals surface area contributed by atoms with E-state index < -0.39 is 24.2 Å². The Labute approximate surface area is 117 Å². The molecule has 114 valence electrons. The predicted octanol–water partition coefficient (Wildman–Crippen LogP) is 2.99. The summed E-state index contributed by atoms with van der Waals surface area (Å²) in [5, 5.41) is 15.4. The number of rotatable bonds is 1. The number of alkyl halides is 5. The van der Waals surface area contributed by atoms with Crippen LogP contribution >= 0.6 is 0 Å². The zero-order valence-electron chi connectivity index (χ0n) is 10.8. The molecule has 21 heavy (non-hydrogen) atoms. The van der Waals surface area contributed by atoms with Crippen LogP contribution in [0.4, 0.5) is 27.8 Å². The van der Waals surface area contributed by atoms with Crippen molar-refractivity contribution in [1.82, 2.24) is 10.2 Å². The molecular formula is C12H11F5N4. The number of hydrogen-bond donors (Lipinski definition) is 0. The van der Waals surface area contributed by atoms with E-state index in [1.807, 2.05) is 0 Å². The Morgan fingerprint density at radius 3 is 2.52 bits per heavy atom. The molecule has 1 fully saturated rings. The zero-order valence-corrected chi connectivity index (χ0v) is 10.8. The maximum absolute atomic E-state index is 13.3. The third kappa shape index (κ3) is 3.56. The molecule has 0 spiro atoms. The van der Waals surface area contributed by atoms with E-state index in [0.717, 1.165) is 0 Å². The minimum Gasteiger partial charge on any atom is -0.354 e. The number of anilines is 1. The number of halogens is 5. The van der Waals surface area contributed by atoms with Crippen LogP contribution in [-0.2, 0) is 6.18 Å². The molecule has 0 unspecified atom stereocenters. The second-order valence-electron chi connectivity index (χ2n) is 4.77. The van der Waals surface area contributed by atoms with E-state index >= 15 is 0 Å². The lowest BCUT2D eigenvalue weighted by atomic mass is 10.1. The first-order valence-corrected chi connectivity index (χ1v) is 6.21. The highest BCUT2D eigenvalue weighted by atomic mass is 19.4. The fraction of sp³-hybridized carbons (Fsp3) is 0.583. The van der Waals surface area contributed by atoms with Crippen molar-refractivity contribution < 1.29 is 22.0 Å². The van der Waals surface area contributed by atoms with Crippen molar-refractivity contribution in [3.63, 3.8) is 0 Å². The average Bonchev–Trinajstić information content (AvgIpc) is 2.58. The first-order chi connectivity index (χ1) is 9.73. The maximum Gasteiger partial charge on any atom is 0.435 e. The van der Waals surface area contributed by atoms with E-state index in [9.17, 15) is 22.0 Å². The Morgan fingerprint density at radius 2 is 1.90 bits per heavy atom. The van der Waals surface area contributed by atoms with Gasteiger partial charge in [-0.1, -0.05) is 0 Å². The normalized spacial score (nSPS) is 19.0. The van der Waals surface area contributed by atoms with E-state index in [4.69, 9.17) is 5.26 Å². The van der Waals surface area contributed by atoms with E-state index in [0.29, 0.717) is 6.07 Å². The van der Waals surface area contributed by atoms with Gasteiger partial charge in [-0.05, 0) is 12.5 Å².